The number of amides is 2. The van der Waals surface area contributed by atoms with Gasteiger partial charge in [0.15, 0.2) is 0 Å². The second-order valence-corrected chi connectivity index (χ2v) is 4.57. The lowest BCUT2D eigenvalue weighted by molar-refractivity contribution is -0.138. The van der Waals surface area contributed by atoms with Crippen LogP contribution in [0.3, 0.4) is 0 Å². The van der Waals surface area contributed by atoms with Crippen LogP contribution < -0.4 is 5.32 Å². The number of pyridine rings is 1. The van der Waals surface area contributed by atoms with Gasteiger partial charge in [-0.25, -0.2) is 4.98 Å². The molecule has 2 rings (SSSR count). The average molecular weight is 298 g/mol. The van der Waals surface area contributed by atoms with Crippen molar-refractivity contribution in [2.24, 2.45) is 0 Å². The maximum Gasteiger partial charge on any atom is 0.252 e. The van der Waals surface area contributed by atoms with Crippen LogP contribution in [0.1, 0.15) is 13.3 Å². The van der Waals surface area contributed by atoms with E-state index in [-0.39, 0.29) is 18.2 Å². The number of carbonyl (C=O) groups excluding carboxylic acids is 2. The van der Waals surface area contributed by atoms with Gasteiger partial charge < -0.3 is 5.32 Å². The zero-order valence-corrected chi connectivity index (χ0v) is 10.9. The van der Waals surface area contributed by atoms with E-state index in [0.717, 1.165) is 4.47 Å². The van der Waals surface area contributed by atoms with Gasteiger partial charge in [0, 0.05) is 12.7 Å². The Balaban J connectivity index is 2.14. The van der Waals surface area contributed by atoms with Gasteiger partial charge in [-0.15, -0.1) is 0 Å². The van der Waals surface area contributed by atoms with E-state index < -0.39 is 6.04 Å². The fraction of sp³-hybridized carbons (Fsp3) is 0.364. The lowest BCUT2D eigenvalue weighted by atomic mass is 10.2. The Bertz CT molecular complexity index is 464. The SMILES string of the molecule is CCN1C(=O)CC(Nc2ncccc2Br)C1=O. The molecule has 0 radical (unpaired) electrons. The van der Waals surface area contributed by atoms with Crippen LogP contribution in [0.2, 0.25) is 0 Å². The Labute approximate surface area is 107 Å². The highest BCUT2D eigenvalue weighted by Gasteiger charge is 2.37. The van der Waals surface area contributed by atoms with E-state index in [1.807, 2.05) is 6.07 Å². The van der Waals surface area contributed by atoms with E-state index in [1.165, 1.54) is 4.90 Å². The molecule has 2 amide bonds. The predicted molar refractivity (Wildman–Crippen MR) is 66.4 cm³/mol. The molecule has 0 aliphatic carbocycles. The molecule has 1 N–H and O–H groups in total. The minimum Gasteiger partial charge on any atom is -0.357 e. The molecule has 1 unspecified atom stereocenters. The zero-order valence-electron chi connectivity index (χ0n) is 9.31. The summed E-state index contributed by atoms with van der Waals surface area (Å²) in [6, 6.07) is 3.11. The molecule has 1 fully saturated rings. The first kappa shape index (κ1) is 12.0. The van der Waals surface area contributed by atoms with Crippen LogP contribution in [0.25, 0.3) is 0 Å². The second-order valence-electron chi connectivity index (χ2n) is 3.71. The maximum atomic E-state index is 11.9. The molecule has 0 spiro atoms. The van der Waals surface area contributed by atoms with Crippen LogP contribution in [0.5, 0.6) is 0 Å². The monoisotopic (exact) mass is 297 g/mol. The number of hydrogen-bond donors (Lipinski definition) is 1. The lowest BCUT2D eigenvalue weighted by Crippen LogP contribution is -2.34. The van der Waals surface area contributed by atoms with Crippen molar-refractivity contribution in [1.82, 2.24) is 9.88 Å². The molecule has 1 atom stereocenters. The number of nitrogens with zero attached hydrogens (tertiary/aromatic N) is 2. The first-order chi connectivity index (χ1) is 8.13. The number of likely N-dealkylation sites (N-methyl/N-ethyl adjacent to an activating group) is 1. The van der Waals surface area contributed by atoms with Crippen LogP contribution in [-0.2, 0) is 9.59 Å². The number of aromatic nitrogens is 1. The number of likely N-dealkylation sites (tertiary alicyclic amines) is 1. The smallest absolute Gasteiger partial charge is 0.252 e. The van der Waals surface area contributed by atoms with Crippen molar-refractivity contribution in [3.8, 4) is 0 Å². The Kier molecular flexibility index (Phi) is 3.42. The van der Waals surface area contributed by atoms with Crippen LogP contribution in [0, 0.1) is 0 Å². The van der Waals surface area contributed by atoms with E-state index in [4.69, 9.17) is 0 Å². The molecule has 17 heavy (non-hydrogen) atoms. The highest BCUT2D eigenvalue weighted by Crippen LogP contribution is 2.22. The summed E-state index contributed by atoms with van der Waals surface area (Å²) in [4.78, 5) is 28.8. The van der Waals surface area contributed by atoms with E-state index >= 15 is 0 Å². The number of nitrogens with one attached hydrogen (secondary N) is 1. The second kappa shape index (κ2) is 4.83. The Morgan fingerprint density at radius 1 is 1.59 bits per heavy atom. The first-order valence-electron chi connectivity index (χ1n) is 5.34. The average Bonchev–Trinajstić information content (AvgIpc) is 2.57. The topological polar surface area (TPSA) is 62.3 Å². The minimum atomic E-state index is -0.506. The van der Waals surface area contributed by atoms with Gasteiger partial charge in [0.2, 0.25) is 5.91 Å². The summed E-state index contributed by atoms with van der Waals surface area (Å²) in [5.74, 6) is 0.258. The van der Waals surface area contributed by atoms with Crippen molar-refractivity contribution in [1.29, 1.82) is 0 Å². The third-order valence-electron chi connectivity index (χ3n) is 2.63. The molecule has 5 nitrogen and oxygen atoms in total. The quantitative estimate of drug-likeness (QED) is 0.857. The summed E-state index contributed by atoms with van der Waals surface area (Å²) in [6.45, 7) is 2.20. The summed E-state index contributed by atoms with van der Waals surface area (Å²) in [7, 11) is 0. The van der Waals surface area contributed by atoms with Gasteiger partial charge in [0.25, 0.3) is 5.91 Å². The van der Waals surface area contributed by atoms with Crippen molar-refractivity contribution in [2.75, 3.05) is 11.9 Å². The fourth-order valence-electron chi connectivity index (χ4n) is 1.79. The summed E-state index contributed by atoms with van der Waals surface area (Å²) in [5, 5.41) is 2.98. The summed E-state index contributed by atoms with van der Waals surface area (Å²) >= 11 is 3.34. The van der Waals surface area contributed by atoms with Gasteiger partial charge in [-0.3, -0.25) is 14.5 Å². The standard InChI is InChI=1S/C11H12BrN3O2/c1-2-15-9(16)6-8(11(15)17)14-10-7(12)4-3-5-13-10/h3-5,8H,2,6H2,1H3,(H,13,14). The molecule has 2 heterocycles. The number of anilines is 1. The molecule has 6 heteroatoms. The maximum absolute atomic E-state index is 11.9. The normalized spacial score (nSPS) is 19.9. The van der Waals surface area contributed by atoms with Crippen LogP contribution in [0.15, 0.2) is 22.8 Å². The van der Waals surface area contributed by atoms with Gasteiger partial charge in [0.1, 0.15) is 11.9 Å². The first-order valence-corrected chi connectivity index (χ1v) is 6.14. The highest BCUT2D eigenvalue weighted by atomic mass is 79.9. The molecule has 90 valence electrons. The van der Waals surface area contributed by atoms with Gasteiger partial charge in [-0.2, -0.15) is 0 Å². The van der Waals surface area contributed by atoms with Gasteiger partial charge >= 0.3 is 0 Å². The Hall–Kier alpha value is -1.43. The Morgan fingerprint density at radius 3 is 2.94 bits per heavy atom. The largest absolute Gasteiger partial charge is 0.357 e. The molecule has 1 aromatic heterocycles. The number of rotatable bonds is 3. The molecule has 0 bridgehead atoms. The summed E-state index contributed by atoms with van der Waals surface area (Å²) in [5.41, 5.74) is 0. The summed E-state index contributed by atoms with van der Waals surface area (Å²) in [6.07, 6.45) is 1.82. The van der Waals surface area contributed by atoms with Crippen molar-refractivity contribution in [2.45, 2.75) is 19.4 Å². The third-order valence-corrected chi connectivity index (χ3v) is 3.27. The van der Waals surface area contributed by atoms with Crippen LogP contribution >= 0.6 is 15.9 Å². The molecular formula is C11H12BrN3O2. The molecule has 0 saturated carbocycles. The zero-order chi connectivity index (χ0) is 12.4. The number of halogens is 1. The fourth-order valence-corrected chi connectivity index (χ4v) is 2.15. The lowest BCUT2D eigenvalue weighted by Gasteiger charge is -2.14. The van der Waals surface area contributed by atoms with E-state index in [2.05, 4.69) is 26.2 Å². The molecule has 1 saturated heterocycles. The summed E-state index contributed by atoms with van der Waals surface area (Å²) < 4.78 is 0.773. The minimum absolute atomic E-state index is 0.137. The van der Waals surface area contributed by atoms with Crippen molar-refractivity contribution in [3.05, 3.63) is 22.8 Å². The van der Waals surface area contributed by atoms with Crippen LogP contribution in [0.4, 0.5) is 5.82 Å². The Morgan fingerprint density at radius 2 is 2.35 bits per heavy atom. The van der Waals surface area contributed by atoms with E-state index in [1.54, 1.807) is 19.2 Å². The van der Waals surface area contributed by atoms with Gasteiger partial charge in [-0.05, 0) is 35.0 Å². The predicted octanol–water partition coefficient (Wildman–Crippen LogP) is 1.40. The molecular weight excluding hydrogens is 286 g/mol. The number of carbonyl (C=O) groups is 2. The van der Waals surface area contributed by atoms with Gasteiger partial charge in [0.05, 0.1) is 10.9 Å². The van der Waals surface area contributed by atoms with Crippen molar-refractivity contribution in [3.63, 3.8) is 0 Å². The van der Waals surface area contributed by atoms with Crippen LogP contribution in [-0.4, -0.2) is 34.3 Å². The molecule has 0 aromatic carbocycles. The molecule has 1 aromatic rings. The highest BCUT2D eigenvalue weighted by molar-refractivity contribution is 9.10. The number of imide groups is 1. The molecule has 1 aliphatic rings. The third kappa shape index (κ3) is 2.31. The van der Waals surface area contributed by atoms with Gasteiger partial charge in [-0.1, -0.05) is 0 Å². The number of hydrogen-bond acceptors (Lipinski definition) is 4. The van der Waals surface area contributed by atoms with E-state index in [0.29, 0.717) is 12.4 Å². The molecule has 1 aliphatic heterocycles. The van der Waals surface area contributed by atoms with E-state index in [9.17, 15) is 9.59 Å². The van der Waals surface area contributed by atoms with Crippen molar-refractivity contribution >= 4 is 33.6 Å². The van der Waals surface area contributed by atoms with Crippen molar-refractivity contribution < 1.29 is 9.59 Å².